The third kappa shape index (κ3) is 2.00. The first-order chi connectivity index (χ1) is 6.33. The summed E-state index contributed by atoms with van der Waals surface area (Å²) in [5.41, 5.74) is 5.33. The molecule has 2 rings (SSSR count). The number of carbonyl (C=O) groups is 1. The highest BCUT2D eigenvalue weighted by Gasteiger charge is 2.37. The van der Waals surface area contributed by atoms with E-state index in [-0.39, 0.29) is 37.0 Å². The predicted molar refractivity (Wildman–Crippen MR) is 54.4 cm³/mol. The fourth-order valence-electron chi connectivity index (χ4n) is 2.02. The molecule has 2 saturated heterocycles. The van der Waals surface area contributed by atoms with Crippen molar-refractivity contribution in [1.29, 1.82) is 0 Å². The summed E-state index contributed by atoms with van der Waals surface area (Å²) in [7, 11) is 0. The van der Waals surface area contributed by atoms with E-state index in [0.29, 0.717) is 13.2 Å². The second-order valence-corrected chi connectivity index (χ2v) is 3.43. The van der Waals surface area contributed by atoms with Gasteiger partial charge in [-0.25, -0.2) is 0 Å². The normalized spacial score (nSPS) is 30.8. The topological polar surface area (TPSA) is 67.6 Å². The van der Waals surface area contributed by atoms with E-state index >= 15 is 0 Å². The fourth-order valence-corrected chi connectivity index (χ4v) is 2.02. The number of nitrogens with two attached hydrogens (primary N) is 1. The van der Waals surface area contributed by atoms with Crippen LogP contribution in [0.4, 0.5) is 0 Å². The predicted octanol–water partition coefficient (Wildman–Crippen LogP) is -1.43. The van der Waals surface area contributed by atoms with Gasteiger partial charge in [-0.05, 0) is 0 Å². The second-order valence-electron chi connectivity index (χ2n) is 3.43. The van der Waals surface area contributed by atoms with E-state index < -0.39 is 0 Å². The fraction of sp³-hybridized carbons (Fsp3) is 0.875. The Hall–Kier alpha value is -0.360. The Morgan fingerprint density at radius 3 is 3.07 bits per heavy atom. The first-order valence-electron chi connectivity index (χ1n) is 4.65. The molecule has 2 aliphatic heterocycles. The number of nitrogens with zero attached hydrogens (tertiary/aromatic N) is 1. The lowest BCUT2D eigenvalue weighted by Gasteiger charge is -2.36. The van der Waals surface area contributed by atoms with Crippen molar-refractivity contribution in [3.8, 4) is 0 Å². The maximum atomic E-state index is 11.4. The minimum absolute atomic E-state index is 0. The largest absolute Gasteiger partial charge is 0.373 e. The van der Waals surface area contributed by atoms with Crippen LogP contribution in [0, 0.1) is 0 Å². The van der Waals surface area contributed by atoms with Crippen LogP contribution in [0.5, 0.6) is 0 Å². The van der Waals surface area contributed by atoms with Crippen molar-refractivity contribution in [1.82, 2.24) is 10.2 Å². The van der Waals surface area contributed by atoms with Gasteiger partial charge in [0.05, 0.1) is 25.3 Å². The van der Waals surface area contributed by atoms with Crippen LogP contribution in [0.3, 0.4) is 0 Å². The molecule has 14 heavy (non-hydrogen) atoms. The van der Waals surface area contributed by atoms with Gasteiger partial charge in [-0.15, -0.1) is 12.4 Å². The summed E-state index contributed by atoms with van der Waals surface area (Å²) in [6.07, 6.45) is 0.171. The molecule has 0 bridgehead atoms. The van der Waals surface area contributed by atoms with Gasteiger partial charge >= 0.3 is 0 Å². The van der Waals surface area contributed by atoms with Crippen LogP contribution in [0.15, 0.2) is 0 Å². The molecule has 1 amide bonds. The Balaban J connectivity index is 0.000000980. The van der Waals surface area contributed by atoms with Crippen LogP contribution < -0.4 is 11.1 Å². The van der Waals surface area contributed by atoms with Crippen molar-refractivity contribution in [2.75, 3.05) is 32.8 Å². The number of fused-ring (bicyclic) bond motifs is 1. The monoisotopic (exact) mass is 221 g/mol. The third-order valence-corrected chi connectivity index (χ3v) is 2.69. The van der Waals surface area contributed by atoms with Crippen LogP contribution >= 0.6 is 12.4 Å². The number of carbonyl (C=O) groups excluding carboxylic acids is 1. The minimum Gasteiger partial charge on any atom is -0.373 e. The minimum atomic E-state index is 0. The number of amides is 1. The summed E-state index contributed by atoms with van der Waals surface area (Å²) in [5, 5.41) is 3.21. The molecule has 5 nitrogen and oxygen atoms in total. The molecule has 0 aliphatic carbocycles. The number of rotatable bonds is 1. The average Bonchev–Trinajstić information content (AvgIpc) is 2.63. The zero-order valence-corrected chi connectivity index (χ0v) is 8.76. The van der Waals surface area contributed by atoms with Gasteiger partial charge in [0, 0.05) is 19.6 Å². The maximum absolute atomic E-state index is 11.4. The van der Waals surface area contributed by atoms with Crippen LogP contribution in [0.25, 0.3) is 0 Å². The molecule has 2 heterocycles. The Morgan fingerprint density at radius 2 is 2.36 bits per heavy atom. The van der Waals surface area contributed by atoms with E-state index in [0.717, 1.165) is 13.1 Å². The van der Waals surface area contributed by atoms with Gasteiger partial charge in [-0.2, -0.15) is 0 Å². The molecule has 82 valence electrons. The quantitative estimate of drug-likeness (QED) is 0.570. The van der Waals surface area contributed by atoms with Crippen molar-refractivity contribution >= 4 is 18.3 Å². The zero-order valence-electron chi connectivity index (χ0n) is 7.94. The molecule has 0 spiro atoms. The van der Waals surface area contributed by atoms with Crippen LogP contribution in [0.2, 0.25) is 0 Å². The van der Waals surface area contributed by atoms with Crippen molar-refractivity contribution in [2.45, 2.75) is 12.1 Å². The van der Waals surface area contributed by atoms with Gasteiger partial charge in [0.1, 0.15) is 0 Å². The summed E-state index contributed by atoms with van der Waals surface area (Å²) >= 11 is 0. The molecule has 0 aromatic heterocycles. The zero-order chi connectivity index (χ0) is 9.26. The molecule has 2 aliphatic rings. The number of hydrogen-bond acceptors (Lipinski definition) is 4. The van der Waals surface area contributed by atoms with Gasteiger partial charge in [-0.3, -0.25) is 4.79 Å². The molecule has 0 aromatic rings. The molecule has 2 fully saturated rings. The Kier molecular flexibility index (Phi) is 4.12. The number of hydrogen-bond donors (Lipinski definition) is 2. The van der Waals surface area contributed by atoms with Crippen molar-refractivity contribution in [3.63, 3.8) is 0 Å². The van der Waals surface area contributed by atoms with E-state index in [4.69, 9.17) is 10.5 Å². The highest BCUT2D eigenvalue weighted by molar-refractivity contribution is 5.85. The van der Waals surface area contributed by atoms with E-state index in [9.17, 15) is 4.79 Å². The molecule has 3 N–H and O–H groups in total. The summed E-state index contributed by atoms with van der Waals surface area (Å²) in [5.74, 6) is 0.0296. The molecule has 0 unspecified atom stereocenters. The Bertz CT molecular complexity index is 215. The van der Waals surface area contributed by atoms with Crippen LogP contribution in [-0.4, -0.2) is 55.7 Å². The summed E-state index contributed by atoms with van der Waals surface area (Å²) < 4.78 is 5.53. The lowest BCUT2D eigenvalue weighted by molar-refractivity contribution is -0.141. The van der Waals surface area contributed by atoms with Gasteiger partial charge in [0.2, 0.25) is 5.91 Å². The first kappa shape index (κ1) is 11.7. The number of ether oxygens (including phenoxy) is 1. The van der Waals surface area contributed by atoms with E-state index in [1.165, 1.54) is 0 Å². The molecule has 0 saturated carbocycles. The van der Waals surface area contributed by atoms with Gasteiger partial charge in [0.15, 0.2) is 0 Å². The highest BCUT2D eigenvalue weighted by atomic mass is 35.5. The molecule has 0 aromatic carbocycles. The number of morpholine rings is 1. The maximum Gasteiger partial charge on any atom is 0.236 e. The number of halogens is 1. The van der Waals surface area contributed by atoms with Crippen molar-refractivity contribution in [2.24, 2.45) is 5.73 Å². The highest BCUT2D eigenvalue weighted by Crippen LogP contribution is 2.17. The Labute approximate surface area is 89.4 Å². The van der Waals surface area contributed by atoms with Crippen LogP contribution in [-0.2, 0) is 9.53 Å². The standard InChI is InChI=1S/C8H15N3O2.ClH/c9-3-8(12)11-1-2-13-7-5-10-4-6(7)11;/h6-7,10H,1-5,9H2;1H/t6-,7+;/m1./s1. The van der Waals surface area contributed by atoms with Crippen molar-refractivity contribution in [3.05, 3.63) is 0 Å². The lowest BCUT2D eigenvalue weighted by atomic mass is 10.1. The average molecular weight is 222 g/mol. The summed E-state index contributed by atoms with van der Waals surface area (Å²) in [6, 6.07) is 0.199. The first-order valence-corrected chi connectivity index (χ1v) is 4.65. The van der Waals surface area contributed by atoms with Gasteiger partial charge in [-0.1, -0.05) is 0 Å². The van der Waals surface area contributed by atoms with Gasteiger partial charge < -0.3 is 20.7 Å². The van der Waals surface area contributed by atoms with E-state index in [1.54, 1.807) is 0 Å². The van der Waals surface area contributed by atoms with Crippen molar-refractivity contribution < 1.29 is 9.53 Å². The lowest BCUT2D eigenvalue weighted by Crippen LogP contribution is -2.54. The summed E-state index contributed by atoms with van der Waals surface area (Å²) in [6.45, 7) is 3.09. The number of nitrogens with one attached hydrogen (secondary N) is 1. The molecular weight excluding hydrogens is 206 g/mol. The van der Waals surface area contributed by atoms with Gasteiger partial charge in [0.25, 0.3) is 0 Å². The SMILES string of the molecule is Cl.NCC(=O)N1CCO[C@H]2CNC[C@H]21. The van der Waals surface area contributed by atoms with Crippen LogP contribution in [0.1, 0.15) is 0 Å². The Morgan fingerprint density at radius 1 is 1.57 bits per heavy atom. The summed E-state index contributed by atoms with van der Waals surface area (Å²) in [4.78, 5) is 13.3. The molecular formula is C8H16ClN3O2. The third-order valence-electron chi connectivity index (χ3n) is 2.69. The molecule has 6 heteroatoms. The molecule has 0 radical (unpaired) electrons. The smallest absolute Gasteiger partial charge is 0.236 e. The molecule has 2 atom stereocenters. The van der Waals surface area contributed by atoms with E-state index in [2.05, 4.69) is 5.32 Å². The second kappa shape index (κ2) is 4.93. The van der Waals surface area contributed by atoms with E-state index in [1.807, 2.05) is 4.90 Å².